The van der Waals surface area contributed by atoms with Gasteiger partial charge in [-0.05, 0) is 18.8 Å². The Kier molecular flexibility index (Phi) is 13.6. The van der Waals surface area contributed by atoms with Crippen LogP contribution in [0, 0.1) is 5.92 Å². The molecule has 0 aliphatic carbocycles. The molecule has 15 nitrogen and oxygen atoms in total. The van der Waals surface area contributed by atoms with E-state index in [2.05, 4.69) is 16.0 Å². The second kappa shape index (κ2) is 15.2. The summed E-state index contributed by atoms with van der Waals surface area (Å²) in [6.07, 6.45) is -1.57. The topological polar surface area (TPSA) is 274 Å². The number of carboxylic acids is 2. The molecule has 198 valence electrons. The summed E-state index contributed by atoms with van der Waals surface area (Å²) in [5, 5.41) is 24.8. The maximum Gasteiger partial charge on any atom is 0.326 e. The summed E-state index contributed by atoms with van der Waals surface area (Å²) in [5.74, 6) is -7.63. The number of carboxylic acid groups (broad SMARTS) is 2. The molecule has 15 heteroatoms. The zero-order valence-electron chi connectivity index (χ0n) is 19.6. The summed E-state index contributed by atoms with van der Waals surface area (Å²) in [7, 11) is 0. The SMILES string of the molecule is CCC(C)C(NC(=O)C(CCC(N)=O)NC(=O)C(CC(N)=O)NC(=O)C(N)CCC(=O)O)C(=O)O. The number of rotatable bonds is 17. The zero-order chi connectivity index (χ0) is 27.3. The van der Waals surface area contributed by atoms with Crippen molar-refractivity contribution in [3.8, 4) is 0 Å². The molecule has 0 heterocycles. The van der Waals surface area contributed by atoms with Crippen molar-refractivity contribution in [2.75, 3.05) is 0 Å². The highest BCUT2D eigenvalue weighted by Gasteiger charge is 2.32. The molecule has 0 saturated carbocycles. The van der Waals surface area contributed by atoms with Gasteiger partial charge in [0, 0.05) is 12.8 Å². The smallest absolute Gasteiger partial charge is 0.326 e. The van der Waals surface area contributed by atoms with E-state index in [0.29, 0.717) is 6.42 Å². The van der Waals surface area contributed by atoms with Crippen LogP contribution >= 0.6 is 0 Å². The fourth-order valence-corrected chi connectivity index (χ4v) is 2.86. The standard InChI is InChI=1S/C20H34N6O9/c1-3-9(2)16(20(34)35)26-18(32)11(5-6-13(22)27)24-19(33)12(8-14(23)28)25-17(31)10(21)4-7-15(29)30/h9-12,16H,3-8,21H2,1-2H3,(H2,22,27)(H2,23,28)(H,24,33)(H,25,31)(H,26,32)(H,29,30)(H,34,35). The van der Waals surface area contributed by atoms with Crippen molar-refractivity contribution in [1.82, 2.24) is 16.0 Å². The molecule has 0 saturated heterocycles. The minimum atomic E-state index is -1.58. The Hall–Kier alpha value is -3.75. The first kappa shape index (κ1) is 31.2. The Morgan fingerprint density at radius 3 is 1.77 bits per heavy atom. The van der Waals surface area contributed by atoms with Gasteiger partial charge in [-0.15, -0.1) is 0 Å². The highest BCUT2D eigenvalue weighted by Crippen LogP contribution is 2.09. The van der Waals surface area contributed by atoms with Gasteiger partial charge in [-0.2, -0.15) is 0 Å². The van der Waals surface area contributed by atoms with Gasteiger partial charge in [0.15, 0.2) is 0 Å². The number of nitrogens with two attached hydrogens (primary N) is 3. The predicted octanol–water partition coefficient (Wildman–Crippen LogP) is -3.10. The summed E-state index contributed by atoms with van der Waals surface area (Å²) in [5.41, 5.74) is 15.9. The van der Waals surface area contributed by atoms with E-state index in [1.807, 2.05) is 0 Å². The highest BCUT2D eigenvalue weighted by molar-refractivity contribution is 5.96. The van der Waals surface area contributed by atoms with Gasteiger partial charge in [0.2, 0.25) is 29.5 Å². The monoisotopic (exact) mass is 502 g/mol. The summed E-state index contributed by atoms with van der Waals surface area (Å²) in [4.78, 5) is 82.6. The number of hydrogen-bond acceptors (Lipinski definition) is 8. The Labute approximate surface area is 201 Å². The molecule has 0 bridgehead atoms. The number of nitrogens with one attached hydrogen (secondary N) is 3. The molecule has 0 aromatic carbocycles. The number of carbonyl (C=O) groups is 7. The molecule has 0 rings (SSSR count). The van der Waals surface area contributed by atoms with E-state index >= 15 is 0 Å². The molecule has 0 aromatic heterocycles. The lowest BCUT2D eigenvalue weighted by Crippen LogP contribution is -2.58. The highest BCUT2D eigenvalue weighted by atomic mass is 16.4. The third-order valence-electron chi connectivity index (χ3n) is 5.13. The average Bonchev–Trinajstić information content (AvgIpc) is 2.76. The lowest BCUT2D eigenvalue weighted by atomic mass is 9.98. The third-order valence-corrected chi connectivity index (χ3v) is 5.13. The number of aliphatic carboxylic acids is 2. The van der Waals surface area contributed by atoms with Crippen LogP contribution in [0.25, 0.3) is 0 Å². The molecular formula is C20H34N6O9. The summed E-state index contributed by atoms with van der Waals surface area (Å²) >= 11 is 0. The number of carbonyl (C=O) groups excluding carboxylic acids is 5. The lowest BCUT2D eigenvalue weighted by Gasteiger charge is -2.26. The Morgan fingerprint density at radius 2 is 1.31 bits per heavy atom. The lowest BCUT2D eigenvalue weighted by molar-refractivity contribution is -0.144. The summed E-state index contributed by atoms with van der Waals surface area (Å²) < 4.78 is 0. The molecule has 5 atom stereocenters. The maximum absolute atomic E-state index is 12.8. The van der Waals surface area contributed by atoms with Crippen LogP contribution in [0.2, 0.25) is 0 Å². The third kappa shape index (κ3) is 12.3. The molecule has 0 aliphatic rings. The van der Waals surface area contributed by atoms with Crippen LogP contribution < -0.4 is 33.2 Å². The summed E-state index contributed by atoms with van der Waals surface area (Å²) in [6.45, 7) is 3.32. The van der Waals surface area contributed by atoms with Crippen LogP contribution in [-0.2, 0) is 33.6 Å². The molecule has 0 spiro atoms. The average molecular weight is 503 g/mol. The normalized spacial score (nSPS) is 14.9. The van der Waals surface area contributed by atoms with E-state index in [-0.39, 0.29) is 19.3 Å². The quantitative estimate of drug-likeness (QED) is 0.0991. The van der Waals surface area contributed by atoms with Crippen LogP contribution in [0.3, 0.4) is 0 Å². The number of primary amides is 2. The number of amides is 5. The second-order valence-corrected chi connectivity index (χ2v) is 8.05. The first-order chi connectivity index (χ1) is 16.2. The second-order valence-electron chi connectivity index (χ2n) is 8.05. The van der Waals surface area contributed by atoms with Crippen LogP contribution in [0.15, 0.2) is 0 Å². The van der Waals surface area contributed by atoms with Gasteiger partial charge in [0.05, 0.1) is 12.5 Å². The molecule has 11 N–H and O–H groups in total. The van der Waals surface area contributed by atoms with Crippen molar-refractivity contribution < 1.29 is 43.8 Å². The molecule has 0 radical (unpaired) electrons. The molecule has 5 unspecified atom stereocenters. The van der Waals surface area contributed by atoms with Crippen molar-refractivity contribution in [2.24, 2.45) is 23.1 Å². The zero-order valence-corrected chi connectivity index (χ0v) is 19.6. The van der Waals surface area contributed by atoms with E-state index in [1.165, 1.54) is 0 Å². The van der Waals surface area contributed by atoms with Crippen LogP contribution in [0.1, 0.15) is 52.4 Å². The van der Waals surface area contributed by atoms with Gasteiger partial charge < -0.3 is 43.4 Å². The van der Waals surface area contributed by atoms with E-state index in [9.17, 15) is 38.7 Å². The van der Waals surface area contributed by atoms with Crippen molar-refractivity contribution in [3.05, 3.63) is 0 Å². The van der Waals surface area contributed by atoms with E-state index in [1.54, 1.807) is 13.8 Å². The summed E-state index contributed by atoms with van der Waals surface area (Å²) in [6, 6.07) is -5.61. The minimum absolute atomic E-state index is 0.248. The fourth-order valence-electron chi connectivity index (χ4n) is 2.86. The van der Waals surface area contributed by atoms with E-state index in [4.69, 9.17) is 22.3 Å². The molecular weight excluding hydrogens is 468 g/mol. The van der Waals surface area contributed by atoms with Crippen molar-refractivity contribution in [2.45, 2.75) is 76.5 Å². The van der Waals surface area contributed by atoms with Gasteiger partial charge in [-0.3, -0.25) is 28.8 Å². The molecule has 35 heavy (non-hydrogen) atoms. The first-order valence-electron chi connectivity index (χ1n) is 10.9. The van der Waals surface area contributed by atoms with Gasteiger partial charge >= 0.3 is 11.9 Å². The van der Waals surface area contributed by atoms with E-state index in [0.717, 1.165) is 0 Å². The Balaban J connectivity index is 5.62. The Morgan fingerprint density at radius 1 is 0.771 bits per heavy atom. The van der Waals surface area contributed by atoms with Crippen molar-refractivity contribution >= 4 is 41.5 Å². The molecule has 0 aliphatic heterocycles. The molecule has 0 fully saturated rings. The largest absolute Gasteiger partial charge is 0.481 e. The van der Waals surface area contributed by atoms with Crippen LogP contribution in [-0.4, -0.2) is 75.9 Å². The maximum atomic E-state index is 12.8. The van der Waals surface area contributed by atoms with Gasteiger partial charge in [-0.25, -0.2) is 4.79 Å². The van der Waals surface area contributed by atoms with Crippen molar-refractivity contribution in [1.29, 1.82) is 0 Å². The Bertz CT molecular complexity index is 819. The predicted molar refractivity (Wildman–Crippen MR) is 120 cm³/mol. The van der Waals surface area contributed by atoms with Crippen molar-refractivity contribution in [3.63, 3.8) is 0 Å². The number of hydrogen-bond donors (Lipinski definition) is 8. The van der Waals surface area contributed by atoms with E-state index < -0.39 is 84.4 Å². The first-order valence-corrected chi connectivity index (χ1v) is 10.9. The van der Waals surface area contributed by atoms with Crippen LogP contribution in [0.4, 0.5) is 0 Å². The fraction of sp³-hybridized carbons (Fsp3) is 0.650. The van der Waals surface area contributed by atoms with Crippen LogP contribution in [0.5, 0.6) is 0 Å². The minimum Gasteiger partial charge on any atom is -0.481 e. The van der Waals surface area contributed by atoms with Gasteiger partial charge in [0.1, 0.15) is 18.1 Å². The molecule has 5 amide bonds. The van der Waals surface area contributed by atoms with Gasteiger partial charge in [-0.1, -0.05) is 20.3 Å². The van der Waals surface area contributed by atoms with Gasteiger partial charge in [0.25, 0.3) is 0 Å². The molecule has 0 aromatic rings.